The van der Waals surface area contributed by atoms with Gasteiger partial charge in [-0.15, -0.1) is 0 Å². The number of hydrogen-bond donors (Lipinski definition) is 0. The molecule has 0 unspecified atom stereocenters. The van der Waals surface area contributed by atoms with Crippen LogP contribution < -0.4 is 4.74 Å². The Bertz CT molecular complexity index is 730. The summed E-state index contributed by atoms with van der Waals surface area (Å²) in [7, 11) is 1.75. The number of ether oxygens (including phenoxy) is 1. The third-order valence-electron chi connectivity index (χ3n) is 6.60. The summed E-state index contributed by atoms with van der Waals surface area (Å²) >= 11 is 0. The summed E-state index contributed by atoms with van der Waals surface area (Å²) in [6, 6.07) is 14.0. The maximum absolute atomic E-state index is 5.42. The molecule has 2 fully saturated rings. The van der Waals surface area contributed by atoms with Crippen molar-refractivity contribution < 1.29 is 4.74 Å². The molecule has 2 aromatic carbocycles. The van der Waals surface area contributed by atoms with Gasteiger partial charge in [-0.25, -0.2) is 0 Å². The van der Waals surface area contributed by atoms with E-state index in [-0.39, 0.29) is 0 Å². The molecule has 0 spiro atoms. The largest absolute Gasteiger partial charge is 0.497 e. The average molecular weight is 367 g/mol. The summed E-state index contributed by atoms with van der Waals surface area (Å²) in [4.78, 5) is 5.44. The molecule has 3 heteroatoms. The molecule has 146 valence electrons. The van der Waals surface area contributed by atoms with Crippen LogP contribution in [0.15, 0.2) is 36.4 Å². The number of benzene rings is 2. The molecule has 2 aliphatic rings. The number of piperazine rings is 1. The monoisotopic (exact) mass is 366 g/mol. The highest BCUT2D eigenvalue weighted by molar-refractivity contribution is 5.87. The van der Waals surface area contributed by atoms with E-state index < -0.39 is 0 Å². The maximum atomic E-state index is 5.42. The molecular weight excluding hydrogens is 332 g/mol. The van der Waals surface area contributed by atoms with E-state index in [1.54, 1.807) is 7.11 Å². The van der Waals surface area contributed by atoms with Gasteiger partial charge < -0.3 is 9.64 Å². The SMILES string of the molecule is COc1ccc2cccc(CCCN3CCN(C4CCCCC4)CC3)c2c1. The summed E-state index contributed by atoms with van der Waals surface area (Å²) in [6.45, 7) is 6.27. The van der Waals surface area contributed by atoms with Gasteiger partial charge in [0.25, 0.3) is 0 Å². The van der Waals surface area contributed by atoms with Crippen LogP contribution in [0.25, 0.3) is 10.8 Å². The standard InChI is InChI=1S/C24H34N2O/c1-27-23-13-12-21-8-5-7-20(24(21)19-23)9-6-14-25-15-17-26(18-16-25)22-10-3-2-4-11-22/h5,7-8,12-13,19,22H,2-4,6,9-11,14-18H2,1H3. The number of fused-ring (bicyclic) bond motifs is 1. The lowest BCUT2D eigenvalue weighted by atomic mass is 9.94. The topological polar surface area (TPSA) is 15.7 Å². The Hall–Kier alpha value is -1.58. The lowest BCUT2D eigenvalue weighted by Crippen LogP contribution is -2.50. The summed E-state index contributed by atoms with van der Waals surface area (Å²) in [5.74, 6) is 0.953. The van der Waals surface area contributed by atoms with Crippen molar-refractivity contribution >= 4 is 10.8 Å². The first-order chi connectivity index (χ1) is 13.3. The van der Waals surface area contributed by atoms with Crippen LogP contribution in [0.3, 0.4) is 0 Å². The van der Waals surface area contributed by atoms with Crippen LogP contribution in [0.1, 0.15) is 44.1 Å². The molecule has 27 heavy (non-hydrogen) atoms. The van der Waals surface area contributed by atoms with Crippen molar-refractivity contribution in [3.05, 3.63) is 42.0 Å². The van der Waals surface area contributed by atoms with E-state index in [2.05, 4.69) is 46.2 Å². The number of rotatable bonds is 6. The maximum Gasteiger partial charge on any atom is 0.119 e. The summed E-state index contributed by atoms with van der Waals surface area (Å²) < 4.78 is 5.42. The van der Waals surface area contributed by atoms with Crippen molar-refractivity contribution in [1.82, 2.24) is 9.80 Å². The number of nitrogens with zero attached hydrogens (tertiary/aromatic N) is 2. The zero-order valence-corrected chi connectivity index (χ0v) is 16.8. The van der Waals surface area contributed by atoms with E-state index in [0.29, 0.717) is 0 Å². The Kier molecular flexibility index (Phi) is 6.31. The van der Waals surface area contributed by atoms with Gasteiger partial charge in [0.2, 0.25) is 0 Å². The molecule has 1 heterocycles. The third kappa shape index (κ3) is 4.64. The fourth-order valence-corrected chi connectivity index (χ4v) is 4.95. The molecule has 0 radical (unpaired) electrons. The molecule has 0 N–H and O–H groups in total. The predicted octanol–water partition coefficient (Wildman–Crippen LogP) is 4.73. The van der Waals surface area contributed by atoms with Crippen LogP contribution in [-0.2, 0) is 6.42 Å². The van der Waals surface area contributed by atoms with Crippen LogP contribution >= 0.6 is 0 Å². The van der Waals surface area contributed by atoms with E-state index in [1.807, 2.05) is 0 Å². The van der Waals surface area contributed by atoms with Gasteiger partial charge in [-0.1, -0.05) is 43.5 Å². The third-order valence-corrected chi connectivity index (χ3v) is 6.60. The highest BCUT2D eigenvalue weighted by Gasteiger charge is 2.24. The van der Waals surface area contributed by atoms with Crippen LogP contribution in [0.4, 0.5) is 0 Å². The molecule has 1 aliphatic carbocycles. The van der Waals surface area contributed by atoms with Gasteiger partial charge in [0.15, 0.2) is 0 Å². The molecule has 0 bridgehead atoms. The smallest absolute Gasteiger partial charge is 0.119 e. The fourth-order valence-electron chi connectivity index (χ4n) is 4.95. The molecule has 3 nitrogen and oxygen atoms in total. The summed E-state index contributed by atoms with van der Waals surface area (Å²) in [6.07, 6.45) is 9.60. The number of hydrogen-bond acceptors (Lipinski definition) is 3. The number of aryl methyl sites for hydroxylation is 1. The lowest BCUT2D eigenvalue weighted by molar-refractivity contribution is 0.0785. The molecular formula is C24H34N2O. The second-order valence-electron chi connectivity index (χ2n) is 8.28. The minimum Gasteiger partial charge on any atom is -0.497 e. The van der Waals surface area contributed by atoms with E-state index >= 15 is 0 Å². The van der Waals surface area contributed by atoms with Gasteiger partial charge in [0, 0.05) is 32.2 Å². The van der Waals surface area contributed by atoms with E-state index in [0.717, 1.165) is 18.2 Å². The quantitative estimate of drug-likeness (QED) is 0.735. The second kappa shape index (κ2) is 9.07. The van der Waals surface area contributed by atoms with Crippen LogP contribution in [0.2, 0.25) is 0 Å². The Morgan fingerprint density at radius 3 is 2.56 bits per heavy atom. The molecule has 0 amide bonds. The van der Waals surface area contributed by atoms with Crippen molar-refractivity contribution in [3.8, 4) is 5.75 Å². The minimum atomic E-state index is 0.881. The normalized spacial score (nSPS) is 20.2. The highest BCUT2D eigenvalue weighted by atomic mass is 16.5. The Balaban J connectivity index is 1.27. The van der Waals surface area contributed by atoms with Gasteiger partial charge >= 0.3 is 0 Å². The zero-order chi connectivity index (χ0) is 18.5. The average Bonchev–Trinajstić information content (AvgIpc) is 2.74. The fraction of sp³-hybridized carbons (Fsp3) is 0.583. The first kappa shape index (κ1) is 18.8. The predicted molar refractivity (Wildman–Crippen MR) is 114 cm³/mol. The Morgan fingerprint density at radius 2 is 1.78 bits per heavy atom. The van der Waals surface area contributed by atoms with Crippen LogP contribution in [0, 0.1) is 0 Å². The molecule has 4 rings (SSSR count). The van der Waals surface area contributed by atoms with Gasteiger partial charge in [0.05, 0.1) is 7.11 Å². The second-order valence-corrected chi connectivity index (χ2v) is 8.28. The zero-order valence-electron chi connectivity index (χ0n) is 16.8. The van der Waals surface area contributed by atoms with E-state index in [9.17, 15) is 0 Å². The molecule has 1 saturated carbocycles. The van der Waals surface area contributed by atoms with E-state index in [4.69, 9.17) is 4.74 Å². The molecule has 0 aromatic heterocycles. The van der Waals surface area contributed by atoms with Gasteiger partial charge in [-0.3, -0.25) is 4.90 Å². The van der Waals surface area contributed by atoms with Crippen molar-refractivity contribution in [2.24, 2.45) is 0 Å². The highest BCUT2D eigenvalue weighted by Crippen LogP contribution is 2.26. The van der Waals surface area contributed by atoms with Crippen molar-refractivity contribution in [2.75, 3.05) is 39.8 Å². The van der Waals surface area contributed by atoms with Crippen LogP contribution in [-0.4, -0.2) is 55.7 Å². The van der Waals surface area contributed by atoms with Gasteiger partial charge in [-0.05, 0) is 60.7 Å². The van der Waals surface area contributed by atoms with Gasteiger partial charge in [0.1, 0.15) is 5.75 Å². The van der Waals surface area contributed by atoms with Gasteiger partial charge in [-0.2, -0.15) is 0 Å². The first-order valence-corrected chi connectivity index (χ1v) is 10.9. The van der Waals surface area contributed by atoms with E-state index in [1.165, 1.54) is 87.6 Å². The summed E-state index contributed by atoms with van der Waals surface area (Å²) in [5, 5.41) is 2.66. The van der Waals surface area contributed by atoms with Crippen LogP contribution in [0.5, 0.6) is 5.75 Å². The lowest BCUT2D eigenvalue weighted by Gasteiger charge is -2.40. The van der Waals surface area contributed by atoms with Crippen molar-refractivity contribution in [3.63, 3.8) is 0 Å². The molecule has 2 aromatic rings. The molecule has 1 aliphatic heterocycles. The Morgan fingerprint density at radius 1 is 0.963 bits per heavy atom. The summed E-state index contributed by atoms with van der Waals surface area (Å²) in [5.41, 5.74) is 1.45. The number of methoxy groups -OCH3 is 1. The Labute approximate surface area is 164 Å². The first-order valence-electron chi connectivity index (χ1n) is 10.9. The van der Waals surface area contributed by atoms with Crippen molar-refractivity contribution in [2.45, 2.75) is 51.0 Å². The van der Waals surface area contributed by atoms with Crippen molar-refractivity contribution in [1.29, 1.82) is 0 Å². The molecule has 0 atom stereocenters. The molecule has 1 saturated heterocycles. The minimum absolute atomic E-state index is 0.881.